The molecule has 4 nitrogen and oxygen atoms in total. The number of nitrogens with one attached hydrogen (secondary N) is 1. The molecule has 0 saturated heterocycles. The van der Waals surface area contributed by atoms with Gasteiger partial charge in [0.1, 0.15) is 0 Å². The second-order valence-corrected chi connectivity index (χ2v) is 4.82. The maximum absolute atomic E-state index is 12.0. The third-order valence-corrected chi connectivity index (χ3v) is 3.22. The van der Waals surface area contributed by atoms with Crippen LogP contribution in [0.15, 0.2) is 48.8 Å². The second kappa shape index (κ2) is 8.39. The van der Waals surface area contributed by atoms with Crippen molar-refractivity contribution in [3.05, 3.63) is 65.5 Å². The SMILES string of the molecule is Cc1cnccc1CNC(=O)[C@@H](N)Cc1ccccc1.Cl. The zero-order valence-electron chi connectivity index (χ0n) is 12.0. The molecule has 0 saturated carbocycles. The van der Waals surface area contributed by atoms with Crippen LogP contribution >= 0.6 is 12.4 Å². The quantitative estimate of drug-likeness (QED) is 0.888. The number of rotatable bonds is 5. The highest BCUT2D eigenvalue weighted by atomic mass is 35.5. The van der Waals surface area contributed by atoms with Gasteiger partial charge in [0.25, 0.3) is 0 Å². The molecule has 0 aliphatic carbocycles. The molecule has 0 spiro atoms. The smallest absolute Gasteiger partial charge is 0.237 e. The number of carbonyl (C=O) groups is 1. The number of carbonyl (C=O) groups excluding carboxylic acids is 1. The minimum Gasteiger partial charge on any atom is -0.351 e. The molecule has 0 aliphatic rings. The fourth-order valence-corrected chi connectivity index (χ4v) is 1.97. The average Bonchev–Trinajstić information content (AvgIpc) is 2.47. The van der Waals surface area contributed by atoms with Gasteiger partial charge in [0.2, 0.25) is 5.91 Å². The lowest BCUT2D eigenvalue weighted by Crippen LogP contribution is -2.41. The first-order valence-corrected chi connectivity index (χ1v) is 6.63. The first-order valence-electron chi connectivity index (χ1n) is 6.63. The molecule has 1 atom stereocenters. The van der Waals surface area contributed by atoms with E-state index in [1.165, 1.54) is 0 Å². The summed E-state index contributed by atoms with van der Waals surface area (Å²) in [6, 6.07) is 11.2. The molecule has 0 aliphatic heterocycles. The van der Waals surface area contributed by atoms with Crippen LogP contribution in [0.5, 0.6) is 0 Å². The van der Waals surface area contributed by atoms with Crippen LogP contribution in [0.1, 0.15) is 16.7 Å². The topological polar surface area (TPSA) is 68.0 Å². The van der Waals surface area contributed by atoms with Crippen molar-refractivity contribution in [2.45, 2.75) is 25.9 Å². The van der Waals surface area contributed by atoms with Gasteiger partial charge in [0.15, 0.2) is 0 Å². The Bertz CT molecular complexity index is 575. The summed E-state index contributed by atoms with van der Waals surface area (Å²) in [7, 11) is 0. The summed E-state index contributed by atoms with van der Waals surface area (Å²) in [5.41, 5.74) is 9.11. The molecule has 0 radical (unpaired) electrons. The number of nitrogens with zero attached hydrogens (tertiary/aromatic N) is 1. The lowest BCUT2D eigenvalue weighted by Gasteiger charge is -2.13. The van der Waals surface area contributed by atoms with E-state index in [0.29, 0.717) is 13.0 Å². The van der Waals surface area contributed by atoms with E-state index in [2.05, 4.69) is 10.3 Å². The summed E-state index contributed by atoms with van der Waals surface area (Å²) < 4.78 is 0. The third kappa shape index (κ3) is 5.17. The minimum atomic E-state index is -0.528. The zero-order valence-corrected chi connectivity index (χ0v) is 12.8. The molecule has 112 valence electrons. The third-order valence-electron chi connectivity index (χ3n) is 3.22. The van der Waals surface area contributed by atoms with Crippen molar-refractivity contribution in [2.75, 3.05) is 0 Å². The molecule has 1 aromatic heterocycles. The number of pyridine rings is 1. The summed E-state index contributed by atoms with van der Waals surface area (Å²) in [6.45, 7) is 2.45. The minimum absolute atomic E-state index is 0. The Morgan fingerprint density at radius 1 is 1.29 bits per heavy atom. The Hall–Kier alpha value is -1.91. The number of hydrogen-bond acceptors (Lipinski definition) is 3. The molecule has 1 heterocycles. The van der Waals surface area contributed by atoms with E-state index in [1.807, 2.05) is 43.3 Å². The molecule has 5 heteroatoms. The molecule has 1 aromatic carbocycles. The first-order chi connectivity index (χ1) is 9.66. The number of nitrogens with two attached hydrogens (primary N) is 1. The van der Waals surface area contributed by atoms with E-state index in [-0.39, 0.29) is 18.3 Å². The van der Waals surface area contributed by atoms with E-state index >= 15 is 0 Å². The van der Waals surface area contributed by atoms with Crippen LogP contribution in [0.2, 0.25) is 0 Å². The van der Waals surface area contributed by atoms with Crippen LogP contribution in [0.4, 0.5) is 0 Å². The monoisotopic (exact) mass is 305 g/mol. The number of halogens is 1. The normalized spacial score (nSPS) is 11.3. The fourth-order valence-electron chi connectivity index (χ4n) is 1.97. The van der Waals surface area contributed by atoms with E-state index in [9.17, 15) is 4.79 Å². The molecule has 0 fully saturated rings. The van der Waals surface area contributed by atoms with Gasteiger partial charge in [0.05, 0.1) is 6.04 Å². The number of aromatic nitrogens is 1. The predicted molar refractivity (Wildman–Crippen MR) is 86.2 cm³/mol. The molecule has 2 rings (SSSR count). The van der Waals surface area contributed by atoms with Crippen molar-refractivity contribution in [3.63, 3.8) is 0 Å². The van der Waals surface area contributed by atoms with Crippen LogP contribution < -0.4 is 11.1 Å². The number of amides is 1. The molecular weight excluding hydrogens is 286 g/mol. The Morgan fingerprint density at radius 3 is 2.67 bits per heavy atom. The molecular formula is C16H20ClN3O. The van der Waals surface area contributed by atoms with Gasteiger partial charge >= 0.3 is 0 Å². The van der Waals surface area contributed by atoms with Gasteiger partial charge in [-0.25, -0.2) is 0 Å². The standard InChI is InChI=1S/C16H19N3O.ClH/c1-12-10-18-8-7-14(12)11-19-16(20)15(17)9-13-5-3-2-4-6-13;/h2-8,10,15H,9,11,17H2,1H3,(H,19,20);1H/t15-;/m0./s1. The fraction of sp³-hybridized carbons (Fsp3) is 0.250. The van der Waals surface area contributed by atoms with E-state index in [1.54, 1.807) is 12.4 Å². The van der Waals surface area contributed by atoms with Gasteiger partial charge in [-0.05, 0) is 36.1 Å². The summed E-state index contributed by atoms with van der Waals surface area (Å²) in [5.74, 6) is -0.134. The Labute approximate surface area is 131 Å². The zero-order chi connectivity index (χ0) is 14.4. The van der Waals surface area contributed by atoms with E-state index in [4.69, 9.17) is 5.73 Å². The molecule has 21 heavy (non-hydrogen) atoms. The first kappa shape index (κ1) is 17.1. The van der Waals surface area contributed by atoms with Crippen LogP contribution in [-0.4, -0.2) is 16.9 Å². The van der Waals surface area contributed by atoms with Gasteiger partial charge in [-0.1, -0.05) is 30.3 Å². The van der Waals surface area contributed by atoms with E-state index in [0.717, 1.165) is 16.7 Å². The van der Waals surface area contributed by atoms with Crippen LogP contribution in [0, 0.1) is 6.92 Å². The molecule has 2 aromatic rings. The van der Waals surface area contributed by atoms with Crippen LogP contribution in [-0.2, 0) is 17.8 Å². The predicted octanol–water partition coefficient (Wildman–Crippen LogP) is 2.00. The summed E-state index contributed by atoms with van der Waals surface area (Å²) >= 11 is 0. The van der Waals surface area contributed by atoms with Crippen molar-refractivity contribution in [1.29, 1.82) is 0 Å². The Balaban J connectivity index is 0.00000220. The largest absolute Gasteiger partial charge is 0.351 e. The highest BCUT2D eigenvalue weighted by molar-refractivity contribution is 5.85. The summed E-state index contributed by atoms with van der Waals surface area (Å²) in [5, 5.41) is 2.87. The average molecular weight is 306 g/mol. The molecule has 0 bridgehead atoms. The Kier molecular flexibility index (Phi) is 6.85. The number of hydrogen-bond donors (Lipinski definition) is 2. The van der Waals surface area contributed by atoms with Crippen molar-refractivity contribution in [2.24, 2.45) is 5.73 Å². The summed E-state index contributed by atoms with van der Waals surface area (Å²) in [4.78, 5) is 16.0. The molecule has 3 N–H and O–H groups in total. The van der Waals surface area contributed by atoms with Gasteiger partial charge in [-0.15, -0.1) is 12.4 Å². The van der Waals surface area contributed by atoms with Gasteiger partial charge in [0, 0.05) is 18.9 Å². The lowest BCUT2D eigenvalue weighted by atomic mass is 10.1. The Morgan fingerprint density at radius 2 is 2.00 bits per heavy atom. The van der Waals surface area contributed by atoms with E-state index < -0.39 is 6.04 Å². The van der Waals surface area contributed by atoms with Crippen molar-refractivity contribution < 1.29 is 4.79 Å². The maximum Gasteiger partial charge on any atom is 0.237 e. The summed E-state index contributed by atoms with van der Waals surface area (Å²) in [6.07, 6.45) is 4.05. The molecule has 1 amide bonds. The van der Waals surface area contributed by atoms with Gasteiger partial charge in [-0.3, -0.25) is 9.78 Å². The van der Waals surface area contributed by atoms with Gasteiger partial charge < -0.3 is 11.1 Å². The molecule has 0 unspecified atom stereocenters. The van der Waals surface area contributed by atoms with Gasteiger partial charge in [-0.2, -0.15) is 0 Å². The second-order valence-electron chi connectivity index (χ2n) is 4.82. The van der Waals surface area contributed by atoms with Crippen molar-refractivity contribution in [3.8, 4) is 0 Å². The highest BCUT2D eigenvalue weighted by Gasteiger charge is 2.13. The van der Waals surface area contributed by atoms with Crippen LogP contribution in [0.25, 0.3) is 0 Å². The van der Waals surface area contributed by atoms with Crippen LogP contribution in [0.3, 0.4) is 0 Å². The number of aryl methyl sites for hydroxylation is 1. The van der Waals surface area contributed by atoms with Crippen molar-refractivity contribution >= 4 is 18.3 Å². The lowest BCUT2D eigenvalue weighted by molar-refractivity contribution is -0.122. The highest BCUT2D eigenvalue weighted by Crippen LogP contribution is 2.05. The maximum atomic E-state index is 12.0. The van der Waals surface area contributed by atoms with Crippen molar-refractivity contribution in [1.82, 2.24) is 10.3 Å². The number of benzene rings is 1.